The SMILES string of the molecule is COc1ccc(C(F)(F)CO)c(C(F)(F)F)c1. The highest BCUT2D eigenvalue weighted by molar-refractivity contribution is 5.40. The Hall–Kier alpha value is -1.37. The first-order chi connectivity index (χ1) is 7.72. The highest BCUT2D eigenvalue weighted by atomic mass is 19.4. The van der Waals surface area contributed by atoms with Crippen molar-refractivity contribution in [1.29, 1.82) is 0 Å². The topological polar surface area (TPSA) is 29.5 Å². The van der Waals surface area contributed by atoms with Gasteiger partial charge in [0.05, 0.1) is 12.7 Å². The number of rotatable bonds is 3. The summed E-state index contributed by atoms with van der Waals surface area (Å²) in [5.41, 5.74) is -2.79. The maximum atomic E-state index is 13.1. The number of alkyl halides is 5. The van der Waals surface area contributed by atoms with Gasteiger partial charge < -0.3 is 9.84 Å². The maximum Gasteiger partial charge on any atom is 0.417 e. The molecule has 1 aromatic rings. The summed E-state index contributed by atoms with van der Waals surface area (Å²) in [7, 11) is 1.12. The average Bonchev–Trinajstić information content (AvgIpc) is 2.27. The van der Waals surface area contributed by atoms with Crippen LogP contribution in [0.25, 0.3) is 0 Å². The molecule has 0 saturated carbocycles. The molecule has 2 nitrogen and oxygen atoms in total. The third-order valence-electron chi connectivity index (χ3n) is 2.12. The number of ether oxygens (including phenoxy) is 1. The predicted octanol–water partition coefficient (Wildman–Crippen LogP) is 2.80. The van der Waals surface area contributed by atoms with Crippen LogP contribution in [0.2, 0.25) is 0 Å². The van der Waals surface area contributed by atoms with Crippen LogP contribution >= 0.6 is 0 Å². The molecule has 1 N–H and O–H groups in total. The zero-order valence-corrected chi connectivity index (χ0v) is 8.68. The van der Waals surface area contributed by atoms with Crippen LogP contribution in [-0.2, 0) is 12.1 Å². The first-order valence-electron chi connectivity index (χ1n) is 4.47. The number of aliphatic hydroxyl groups is 1. The summed E-state index contributed by atoms with van der Waals surface area (Å²) in [5.74, 6) is -4.13. The van der Waals surface area contributed by atoms with E-state index in [1.165, 1.54) is 0 Å². The van der Waals surface area contributed by atoms with Gasteiger partial charge in [0.25, 0.3) is 5.92 Å². The van der Waals surface area contributed by atoms with Gasteiger partial charge in [0, 0.05) is 5.56 Å². The molecule has 0 aliphatic heterocycles. The van der Waals surface area contributed by atoms with Crippen LogP contribution in [0.15, 0.2) is 18.2 Å². The van der Waals surface area contributed by atoms with E-state index in [4.69, 9.17) is 5.11 Å². The Morgan fingerprint density at radius 1 is 1.12 bits per heavy atom. The van der Waals surface area contributed by atoms with Crippen molar-refractivity contribution in [2.75, 3.05) is 13.7 Å². The minimum absolute atomic E-state index is 0.185. The van der Waals surface area contributed by atoms with Crippen molar-refractivity contribution in [2.45, 2.75) is 12.1 Å². The minimum atomic E-state index is -4.94. The van der Waals surface area contributed by atoms with E-state index in [9.17, 15) is 22.0 Å². The Kier molecular flexibility index (Phi) is 3.61. The van der Waals surface area contributed by atoms with Gasteiger partial charge in [-0.1, -0.05) is 0 Å². The van der Waals surface area contributed by atoms with Gasteiger partial charge in [0.1, 0.15) is 12.4 Å². The summed E-state index contributed by atoms with van der Waals surface area (Å²) in [6, 6.07) is 2.05. The van der Waals surface area contributed by atoms with Gasteiger partial charge in [-0.15, -0.1) is 0 Å². The van der Waals surface area contributed by atoms with Gasteiger partial charge in [-0.3, -0.25) is 0 Å². The van der Waals surface area contributed by atoms with E-state index >= 15 is 0 Å². The van der Waals surface area contributed by atoms with Gasteiger partial charge in [0.15, 0.2) is 0 Å². The van der Waals surface area contributed by atoms with Crippen LogP contribution in [0.4, 0.5) is 22.0 Å². The third kappa shape index (κ3) is 2.85. The monoisotopic (exact) mass is 256 g/mol. The second kappa shape index (κ2) is 4.48. The summed E-state index contributed by atoms with van der Waals surface area (Å²) in [6.07, 6.45) is -4.94. The lowest BCUT2D eigenvalue weighted by molar-refractivity contribution is -0.143. The van der Waals surface area contributed by atoms with E-state index in [0.29, 0.717) is 12.1 Å². The van der Waals surface area contributed by atoms with E-state index in [1.54, 1.807) is 0 Å². The van der Waals surface area contributed by atoms with Crippen molar-refractivity contribution in [3.63, 3.8) is 0 Å². The first kappa shape index (κ1) is 13.7. The van der Waals surface area contributed by atoms with Gasteiger partial charge in [-0.05, 0) is 18.2 Å². The standard InChI is InChI=1S/C10H9F5O2/c1-17-6-2-3-7(9(11,12)5-16)8(4-6)10(13,14)15/h2-4,16H,5H2,1H3. The lowest BCUT2D eigenvalue weighted by atomic mass is 10.0. The molecule has 0 atom stereocenters. The summed E-state index contributed by atoms with van der Waals surface area (Å²) >= 11 is 0. The highest BCUT2D eigenvalue weighted by Crippen LogP contribution is 2.40. The van der Waals surface area contributed by atoms with Crippen LogP contribution in [0.1, 0.15) is 11.1 Å². The van der Waals surface area contributed by atoms with Gasteiger partial charge in [0.2, 0.25) is 0 Å². The van der Waals surface area contributed by atoms with Crippen LogP contribution in [0.3, 0.4) is 0 Å². The Morgan fingerprint density at radius 3 is 2.12 bits per heavy atom. The molecule has 1 aromatic carbocycles. The molecule has 7 heteroatoms. The average molecular weight is 256 g/mol. The number of hydrogen-bond acceptors (Lipinski definition) is 2. The van der Waals surface area contributed by atoms with Crippen LogP contribution in [-0.4, -0.2) is 18.8 Å². The molecule has 0 saturated heterocycles. The van der Waals surface area contributed by atoms with E-state index in [1.807, 2.05) is 0 Å². The van der Waals surface area contributed by atoms with Crippen molar-refractivity contribution < 1.29 is 31.8 Å². The molecule has 0 bridgehead atoms. The molecule has 0 radical (unpaired) electrons. The van der Waals surface area contributed by atoms with Crippen LogP contribution in [0.5, 0.6) is 5.75 Å². The summed E-state index contributed by atoms with van der Waals surface area (Å²) in [5, 5.41) is 8.42. The van der Waals surface area contributed by atoms with E-state index in [-0.39, 0.29) is 5.75 Å². The van der Waals surface area contributed by atoms with Crippen molar-refractivity contribution in [2.24, 2.45) is 0 Å². The second-order valence-corrected chi connectivity index (χ2v) is 3.27. The zero-order valence-electron chi connectivity index (χ0n) is 8.68. The number of methoxy groups -OCH3 is 1. The summed E-state index contributed by atoms with van der Waals surface area (Å²) in [6.45, 7) is -1.69. The Bertz CT molecular complexity index is 400. The fourth-order valence-corrected chi connectivity index (χ4v) is 1.29. The van der Waals surface area contributed by atoms with Gasteiger partial charge in [-0.25, -0.2) is 0 Å². The molecule has 0 unspecified atom stereocenters. The molecule has 96 valence electrons. The lowest BCUT2D eigenvalue weighted by Gasteiger charge is -2.20. The minimum Gasteiger partial charge on any atom is -0.497 e. The molecule has 0 heterocycles. The largest absolute Gasteiger partial charge is 0.497 e. The quantitative estimate of drug-likeness (QED) is 0.842. The molecule has 0 aromatic heterocycles. The molecule has 1 rings (SSSR count). The Balaban J connectivity index is 3.41. The number of benzene rings is 1. The van der Waals surface area contributed by atoms with Crippen molar-refractivity contribution >= 4 is 0 Å². The first-order valence-corrected chi connectivity index (χ1v) is 4.47. The lowest BCUT2D eigenvalue weighted by Crippen LogP contribution is -2.23. The molecule has 0 aliphatic rings. The smallest absolute Gasteiger partial charge is 0.417 e. The van der Waals surface area contributed by atoms with Crippen LogP contribution in [0, 0.1) is 0 Å². The highest BCUT2D eigenvalue weighted by Gasteiger charge is 2.42. The second-order valence-electron chi connectivity index (χ2n) is 3.27. The molecule has 0 fully saturated rings. The molecule has 0 aliphatic carbocycles. The molecular formula is C10H9F5O2. The van der Waals surface area contributed by atoms with Crippen molar-refractivity contribution in [1.82, 2.24) is 0 Å². The molecular weight excluding hydrogens is 247 g/mol. The molecule has 0 spiro atoms. The number of halogens is 5. The van der Waals surface area contributed by atoms with E-state index in [0.717, 1.165) is 13.2 Å². The Morgan fingerprint density at radius 2 is 1.71 bits per heavy atom. The number of aliphatic hydroxyl groups excluding tert-OH is 1. The normalized spacial score (nSPS) is 12.6. The van der Waals surface area contributed by atoms with Gasteiger partial charge in [-0.2, -0.15) is 22.0 Å². The zero-order chi connectivity index (χ0) is 13.3. The fraction of sp³-hybridized carbons (Fsp3) is 0.400. The van der Waals surface area contributed by atoms with E-state index < -0.39 is 29.8 Å². The van der Waals surface area contributed by atoms with E-state index in [2.05, 4.69) is 4.74 Å². The molecule has 17 heavy (non-hydrogen) atoms. The number of hydrogen-bond donors (Lipinski definition) is 1. The Labute approximate surface area is 93.6 Å². The van der Waals surface area contributed by atoms with Crippen molar-refractivity contribution in [3.8, 4) is 5.75 Å². The van der Waals surface area contributed by atoms with Crippen LogP contribution < -0.4 is 4.74 Å². The third-order valence-corrected chi connectivity index (χ3v) is 2.12. The summed E-state index contributed by atoms with van der Waals surface area (Å²) in [4.78, 5) is 0. The van der Waals surface area contributed by atoms with Gasteiger partial charge >= 0.3 is 6.18 Å². The molecule has 0 amide bonds. The fourth-order valence-electron chi connectivity index (χ4n) is 1.29. The maximum absolute atomic E-state index is 13.1. The summed E-state index contributed by atoms with van der Waals surface area (Å²) < 4.78 is 68.5. The predicted molar refractivity (Wildman–Crippen MR) is 49.0 cm³/mol. The van der Waals surface area contributed by atoms with Crippen molar-refractivity contribution in [3.05, 3.63) is 29.3 Å².